The van der Waals surface area contributed by atoms with Gasteiger partial charge in [0.2, 0.25) is 6.41 Å². The molecule has 5 N–H and O–H groups in total. The SMILES string of the molecule is Cc1ccccc1/C=C/c1c(Cl)cccc1N(C)N.NNC=O. The third-order valence-corrected chi connectivity index (χ3v) is 3.43. The summed E-state index contributed by atoms with van der Waals surface area (Å²) in [5, 5.41) is 2.27. The van der Waals surface area contributed by atoms with Crippen LogP contribution in [0.3, 0.4) is 0 Å². The lowest BCUT2D eigenvalue weighted by molar-refractivity contribution is -0.109. The summed E-state index contributed by atoms with van der Waals surface area (Å²) in [5.74, 6) is 10.2. The Balaban J connectivity index is 0.000000593. The minimum Gasteiger partial charge on any atom is -0.313 e. The smallest absolute Gasteiger partial charge is 0.221 e. The first-order chi connectivity index (χ1) is 11.0. The fourth-order valence-corrected chi connectivity index (χ4v) is 2.18. The van der Waals surface area contributed by atoms with Gasteiger partial charge in [0.15, 0.2) is 0 Å². The van der Waals surface area contributed by atoms with Crippen LogP contribution in [0.15, 0.2) is 42.5 Å². The lowest BCUT2D eigenvalue weighted by atomic mass is 10.1. The predicted octanol–water partition coefficient (Wildman–Crippen LogP) is 2.73. The molecule has 122 valence electrons. The predicted molar refractivity (Wildman–Crippen MR) is 97.5 cm³/mol. The van der Waals surface area contributed by atoms with Crippen LogP contribution >= 0.6 is 11.6 Å². The van der Waals surface area contributed by atoms with E-state index < -0.39 is 0 Å². The number of hydrazine groups is 2. The van der Waals surface area contributed by atoms with Crippen molar-refractivity contribution in [2.45, 2.75) is 6.92 Å². The summed E-state index contributed by atoms with van der Waals surface area (Å²) in [7, 11) is 1.80. The molecule has 0 aliphatic heterocycles. The van der Waals surface area contributed by atoms with Gasteiger partial charge in [-0.2, -0.15) is 0 Å². The molecule has 6 heteroatoms. The number of hydrogen-bond donors (Lipinski definition) is 3. The third kappa shape index (κ3) is 5.75. The highest BCUT2D eigenvalue weighted by molar-refractivity contribution is 6.32. The van der Waals surface area contributed by atoms with Gasteiger partial charge in [0.25, 0.3) is 0 Å². The Morgan fingerprint density at radius 2 is 1.78 bits per heavy atom. The van der Waals surface area contributed by atoms with Gasteiger partial charge in [0.05, 0.1) is 5.69 Å². The number of nitrogens with two attached hydrogens (primary N) is 2. The summed E-state index contributed by atoms with van der Waals surface area (Å²) < 4.78 is 0. The van der Waals surface area contributed by atoms with Gasteiger partial charge in [0.1, 0.15) is 0 Å². The highest BCUT2D eigenvalue weighted by Gasteiger charge is 2.06. The van der Waals surface area contributed by atoms with Gasteiger partial charge in [-0.1, -0.05) is 54.1 Å². The maximum atomic E-state index is 8.94. The Morgan fingerprint density at radius 1 is 1.13 bits per heavy atom. The summed E-state index contributed by atoms with van der Waals surface area (Å²) >= 11 is 6.25. The first-order valence-corrected chi connectivity index (χ1v) is 7.29. The molecular weight excluding hydrogens is 312 g/mol. The van der Waals surface area contributed by atoms with E-state index in [4.69, 9.17) is 22.2 Å². The molecule has 0 aliphatic rings. The van der Waals surface area contributed by atoms with Crippen LogP contribution in [-0.2, 0) is 4.79 Å². The minimum atomic E-state index is 0.403. The number of carbonyl (C=O) groups excluding carboxylic acids is 1. The molecule has 0 aromatic heterocycles. The van der Waals surface area contributed by atoms with Crippen molar-refractivity contribution < 1.29 is 4.79 Å². The van der Waals surface area contributed by atoms with E-state index in [-0.39, 0.29) is 0 Å². The van der Waals surface area contributed by atoms with Crippen molar-refractivity contribution in [2.75, 3.05) is 12.1 Å². The quantitative estimate of drug-likeness (QED) is 0.264. The zero-order valence-electron chi connectivity index (χ0n) is 13.2. The number of aryl methyl sites for hydroxylation is 1. The summed E-state index contributed by atoms with van der Waals surface area (Å²) in [6.45, 7) is 2.09. The van der Waals surface area contributed by atoms with Gasteiger partial charge in [-0.15, -0.1) is 0 Å². The molecule has 1 amide bonds. The third-order valence-electron chi connectivity index (χ3n) is 3.10. The Hall–Kier alpha value is -2.34. The number of nitrogens with zero attached hydrogens (tertiary/aromatic N) is 1. The van der Waals surface area contributed by atoms with Gasteiger partial charge in [-0.05, 0) is 30.2 Å². The van der Waals surface area contributed by atoms with E-state index in [1.54, 1.807) is 17.5 Å². The largest absolute Gasteiger partial charge is 0.313 e. The van der Waals surface area contributed by atoms with Crippen molar-refractivity contribution in [2.24, 2.45) is 11.7 Å². The van der Waals surface area contributed by atoms with E-state index in [9.17, 15) is 0 Å². The van der Waals surface area contributed by atoms with Crippen LogP contribution < -0.4 is 22.1 Å². The standard InChI is InChI=1S/C16H17ClN2.CH4N2O/c1-12-6-3-4-7-13(12)10-11-14-15(17)8-5-9-16(14)19(2)18;2-3-1-4/h3-11H,18H2,1-2H3;1H,2H2,(H,3,4)/b11-10+;. The number of benzene rings is 2. The Kier molecular flexibility index (Phi) is 7.83. The van der Waals surface area contributed by atoms with Crippen LogP contribution in [0.5, 0.6) is 0 Å². The minimum absolute atomic E-state index is 0.403. The van der Waals surface area contributed by atoms with E-state index in [0.717, 1.165) is 11.3 Å². The summed E-state index contributed by atoms with van der Waals surface area (Å²) in [5.41, 5.74) is 5.98. The fraction of sp³-hybridized carbons (Fsp3) is 0.118. The molecule has 2 rings (SSSR count). The van der Waals surface area contributed by atoms with Gasteiger partial charge in [-0.25, -0.2) is 11.7 Å². The maximum Gasteiger partial charge on any atom is 0.221 e. The molecule has 2 aromatic rings. The topological polar surface area (TPSA) is 84.4 Å². The van der Waals surface area contributed by atoms with Crippen LogP contribution in [0.1, 0.15) is 16.7 Å². The molecule has 0 fully saturated rings. The molecule has 5 nitrogen and oxygen atoms in total. The van der Waals surface area contributed by atoms with Gasteiger partial charge < -0.3 is 5.01 Å². The van der Waals surface area contributed by atoms with Crippen LogP contribution in [0.25, 0.3) is 12.2 Å². The number of halogens is 1. The Morgan fingerprint density at radius 3 is 2.35 bits per heavy atom. The van der Waals surface area contributed by atoms with Crippen molar-refractivity contribution in [3.05, 3.63) is 64.2 Å². The molecule has 0 heterocycles. The van der Waals surface area contributed by atoms with Gasteiger partial charge in [-0.3, -0.25) is 10.2 Å². The van der Waals surface area contributed by atoms with Crippen LogP contribution in [0.2, 0.25) is 5.02 Å². The molecular formula is C17H21ClN4O. The van der Waals surface area contributed by atoms with Crippen molar-refractivity contribution in [1.82, 2.24) is 5.43 Å². The lowest BCUT2D eigenvalue weighted by Crippen LogP contribution is -2.25. The van der Waals surface area contributed by atoms with E-state index in [2.05, 4.69) is 31.0 Å². The Bertz CT molecular complexity index is 671. The van der Waals surface area contributed by atoms with Crippen LogP contribution in [0.4, 0.5) is 5.69 Å². The molecule has 0 saturated heterocycles. The molecule has 2 aromatic carbocycles. The highest BCUT2D eigenvalue weighted by Crippen LogP contribution is 2.28. The second kappa shape index (κ2) is 9.63. The Labute approximate surface area is 141 Å². The van der Waals surface area contributed by atoms with Crippen molar-refractivity contribution >= 4 is 35.9 Å². The number of amides is 1. The number of hydrogen-bond acceptors (Lipinski definition) is 4. The van der Waals surface area contributed by atoms with E-state index >= 15 is 0 Å². The van der Waals surface area contributed by atoms with E-state index in [0.29, 0.717) is 11.4 Å². The second-order valence-corrected chi connectivity index (χ2v) is 5.17. The molecule has 0 atom stereocenters. The highest BCUT2D eigenvalue weighted by atomic mass is 35.5. The number of rotatable bonds is 4. The molecule has 0 saturated carbocycles. The molecule has 0 radical (unpaired) electrons. The molecule has 0 aliphatic carbocycles. The van der Waals surface area contributed by atoms with Gasteiger partial charge in [0, 0.05) is 17.6 Å². The molecule has 0 unspecified atom stereocenters. The first-order valence-electron chi connectivity index (χ1n) is 6.91. The average Bonchev–Trinajstić information content (AvgIpc) is 2.55. The lowest BCUT2D eigenvalue weighted by Gasteiger charge is -2.16. The molecule has 0 spiro atoms. The monoisotopic (exact) mass is 332 g/mol. The van der Waals surface area contributed by atoms with Crippen molar-refractivity contribution in [3.8, 4) is 0 Å². The van der Waals surface area contributed by atoms with Crippen molar-refractivity contribution in [3.63, 3.8) is 0 Å². The maximum absolute atomic E-state index is 8.94. The first kappa shape index (κ1) is 18.7. The molecule has 23 heavy (non-hydrogen) atoms. The normalized spacial score (nSPS) is 9.96. The molecule has 0 bridgehead atoms. The summed E-state index contributed by atoms with van der Waals surface area (Å²) in [4.78, 5) is 8.94. The zero-order valence-corrected chi connectivity index (χ0v) is 13.9. The summed E-state index contributed by atoms with van der Waals surface area (Å²) in [6, 6.07) is 13.9. The van der Waals surface area contributed by atoms with E-state index in [1.807, 2.05) is 36.4 Å². The van der Waals surface area contributed by atoms with Gasteiger partial charge >= 0.3 is 0 Å². The average molecular weight is 333 g/mol. The summed E-state index contributed by atoms with van der Waals surface area (Å²) in [6.07, 6.45) is 4.47. The number of carbonyl (C=O) groups is 1. The number of anilines is 1. The fourth-order valence-electron chi connectivity index (χ4n) is 1.95. The number of nitrogens with one attached hydrogen (secondary N) is 1. The van der Waals surface area contributed by atoms with Crippen molar-refractivity contribution in [1.29, 1.82) is 0 Å². The van der Waals surface area contributed by atoms with Crippen LogP contribution in [0, 0.1) is 6.92 Å². The van der Waals surface area contributed by atoms with Crippen LogP contribution in [-0.4, -0.2) is 13.5 Å². The zero-order chi connectivity index (χ0) is 17.2. The second-order valence-electron chi connectivity index (χ2n) is 4.76. The van der Waals surface area contributed by atoms with E-state index in [1.165, 1.54) is 11.1 Å².